The summed E-state index contributed by atoms with van der Waals surface area (Å²) in [6, 6.07) is 18.2. The molecule has 0 amide bonds. The van der Waals surface area contributed by atoms with E-state index in [9.17, 15) is 10.1 Å². The first kappa shape index (κ1) is 18.4. The fourth-order valence-electron chi connectivity index (χ4n) is 2.43. The Bertz CT molecular complexity index is 999. The van der Waals surface area contributed by atoms with Crippen molar-refractivity contribution in [2.24, 2.45) is 0 Å². The van der Waals surface area contributed by atoms with Crippen molar-refractivity contribution in [2.75, 3.05) is 18.6 Å². The summed E-state index contributed by atoms with van der Waals surface area (Å²) >= 11 is 1.19. The van der Waals surface area contributed by atoms with Crippen molar-refractivity contribution in [3.05, 3.63) is 65.7 Å². The monoisotopic (exact) mass is 376 g/mol. The first-order valence-corrected chi connectivity index (χ1v) is 9.04. The maximum absolute atomic E-state index is 12.3. The quantitative estimate of drug-likeness (QED) is 0.398. The Kier molecular flexibility index (Phi) is 5.69. The van der Waals surface area contributed by atoms with Crippen LogP contribution in [0.2, 0.25) is 0 Å². The Hall–Kier alpha value is -3.37. The minimum absolute atomic E-state index is 0.0295. The number of nitrogens with zero attached hydrogens (tertiary/aromatic N) is 3. The van der Waals surface area contributed by atoms with Crippen molar-refractivity contribution < 1.29 is 9.53 Å². The van der Waals surface area contributed by atoms with Crippen LogP contribution in [0.4, 0.5) is 5.82 Å². The third kappa shape index (κ3) is 4.25. The third-order valence-corrected chi connectivity index (χ3v) is 4.67. The topological polar surface area (TPSA) is 102 Å². The second kappa shape index (κ2) is 8.34. The molecule has 6 nitrogen and oxygen atoms in total. The van der Waals surface area contributed by atoms with Crippen LogP contribution >= 0.6 is 11.8 Å². The summed E-state index contributed by atoms with van der Waals surface area (Å²) in [5, 5.41) is 9.77. The van der Waals surface area contributed by atoms with Crippen LogP contribution in [-0.4, -0.2) is 28.6 Å². The Morgan fingerprint density at radius 1 is 1.15 bits per heavy atom. The lowest BCUT2D eigenvalue weighted by molar-refractivity contribution is 0.102. The molecule has 0 saturated carbocycles. The lowest BCUT2D eigenvalue weighted by Gasteiger charge is -2.09. The second-order valence-electron chi connectivity index (χ2n) is 5.53. The van der Waals surface area contributed by atoms with Crippen molar-refractivity contribution >= 4 is 23.4 Å². The van der Waals surface area contributed by atoms with Gasteiger partial charge in [0.1, 0.15) is 23.2 Å². The zero-order valence-electron chi connectivity index (χ0n) is 14.5. The highest BCUT2D eigenvalue weighted by atomic mass is 32.2. The third-order valence-electron chi connectivity index (χ3n) is 3.82. The van der Waals surface area contributed by atoms with E-state index >= 15 is 0 Å². The molecule has 0 aliphatic carbocycles. The van der Waals surface area contributed by atoms with Crippen LogP contribution in [0.1, 0.15) is 15.9 Å². The highest BCUT2D eigenvalue weighted by molar-refractivity contribution is 7.99. The summed E-state index contributed by atoms with van der Waals surface area (Å²) in [7, 11) is 1.58. The normalized spacial score (nSPS) is 10.2. The molecule has 3 rings (SSSR count). The Labute approximate surface area is 161 Å². The van der Waals surface area contributed by atoms with E-state index in [1.165, 1.54) is 11.8 Å². The van der Waals surface area contributed by atoms with E-state index in [4.69, 9.17) is 10.5 Å². The fourth-order valence-corrected chi connectivity index (χ4v) is 3.17. The van der Waals surface area contributed by atoms with Crippen molar-refractivity contribution in [2.45, 2.75) is 5.16 Å². The molecule has 0 fully saturated rings. The molecule has 0 saturated heterocycles. The van der Waals surface area contributed by atoms with E-state index in [1.807, 2.05) is 18.2 Å². The second-order valence-corrected chi connectivity index (χ2v) is 6.48. The minimum Gasteiger partial charge on any atom is -0.497 e. The van der Waals surface area contributed by atoms with Gasteiger partial charge < -0.3 is 10.5 Å². The number of hydrogen-bond donors (Lipinski definition) is 1. The van der Waals surface area contributed by atoms with Crippen LogP contribution < -0.4 is 10.5 Å². The van der Waals surface area contributed by atoms with Gasteiger partial charge in [-0.25, -0.2) is 9.97 Å². The molecule has 0 bridgehead atoms. The number of nitriles is 1. The number of nitrogen functional groups attached to an aromatic ring is 1. The number of anilines is 1. The summed E-state index contributed by atoms with van der Waals surface area (Å²) in [5.74, 6) is 0.936. The maximum Gasteiger partial charge on any atom is 0.190 e. The zero-order valence-corrected chi connectivity index (χ0v) is 15.4. The van der Waals surface area contributed by atoms with Gasteiger partial charge in [-0.2, -0.15) is 5.26 Å². The summed E-state index contributed by atoms with van der Waals surface area (Å²) in [6.07, 6.45) is 0. The van der Waals surface area contributed by atoms with Crippen molar-refractivity contribution in [3.63, 3.8) is 0 Å². The highest BCUT2D eigenvalue weighted by Crippen LogP contribution is 2.29. The number of ketones is 1. The molecule has 134 valence electrons. The molecule has 27 heavy (non-hydrogen) atoms. The van der Waals surface area contributed by atoms with E-state index in [1.54, 1.807) is 43.5 Å². The van der Waals surface area contributed by atoms with Crippen LogP contribution in [0, 0.1) is 11.3 Å². The molecule has 1 heterocycles. The number of carbonyl (C=O) groups excluding carboxylic acids is 1. The molecular formula is C20H16N4O2S. The molecule has 0 spiro atoms. The zero-order chi connectivity index (χ0) is 19.2. The van der Waals surface area contributed by atoms with Crippen LogP contribution in [0.3, 0.4) is 0 Å². The number of ether oxygens (including phenoxy) is 1. The predicted octanol–water partition coefficient (Wildman–Crippen LogP) is 3.58. The number of hydrogen-bond acceptors (Lipinski definition) is 7. The van der Waals surface area contributed by atoms with Crippen LogP contribution in [0.5, 0.6) is 5.75 Å². The molecule has 2 N–H and O–H groups in total. The predicted molar refractivity (Wildman–Crippen MR) is 105 cm³/mol. The average molecular weight is 376 g/mol. The molecule has 0 unspecified atom stereocenters. The Morgan fingerprint density at radius 2 is 1.85 bits per heavy atom. The van der Waals surface area contributed by atoms with Crippen molar-refractivity contribution in [3.8, 4) is 23.1 Å². The van der Waals surface area contributed by atoms with E-state index in [0.717, 1.165) is 5.56 Å². The van der Waals surface area contributed by atoms with Gasteiger partial charge in [0.15, 0.2) is 10.9 Å². The summed E-state index contributed by atoms with van der Waals surface area (Å²) in [5.41, 5.74) is 7.93. The number of nitrogens with two attached hydrogens (primary N) is 1. The van der Waals surface area contributed by atoms with E-state index in [-0.39, 0.29) is 22.9 Å². The Morgan fingerprint density at radius 3 is 2.48 bits per heavy atom. The molecule has 0 aliphatic heterocycles. The summed E-state index contributed by atoms with van der Waals surface area (Å²) < 4.78 is 5.15. The van der Waals surface area contributed by atoms with Gasteiger partial charge in [-0.3, -0.25) is 4.79 Å². The lowest BCUT2D eigenvalue weighted by atomic mass is 10.1. The van der Waals surface area contributed by atoms with Crippen LogP contribution in [0.25, 0.3) is 11.3 Å². The van der Waals surface area contributed by atoms with Gasteiger partial charge in [0.25, 0.3) is 0 Å². The minimum atomic E-state index is -0.0295. The fraction of sp³-hybridized carbons (Fsp3) is 0.100. The number of aromatic nitrogens is 2. The van der Waals surface area contributed by atoms with Gasteiger partial charge in [0.2, 0.25) is 0 Å². The first-order valence-electron chi connectivity index (χ1n) is 8.05. The van der Waals surface area contributed by atoms with Gasteiger partial charge in [-0.05, 0) is 24.3 Å². The molecule has 7 heteroatoms. The number of benzene rings is 2. The first-order chi connectivity index (χ1) is 13.1. The van der Waals surface area contributed by atoms with E-state index in [2.05, 4.69) is 16.0 Å². The molecule has 0 atom stereocenters. The van der Waals surface area contributed by atoms with Crippen LogP contribution in [0.15, 0.2) is 59.8 Å². The highest BCUT2D eigenvalue weighted by Gasteiger charge is 2.16. The largest absolute Gasteiger partial charge is 0.497 e. The van der Waals surface area contributed by atoms with Crippen molar-refractivity contribution in [1.82, 2.24) is 9.97 Å². The SMILES string of the molecule is COc1ccc(-c2nc(SCC(=O)c3ccccc3)nc(N)c2C#N)cc1. The van der Waals surface area contributed by atoms with E-state index < -0.39 is 0 Å². The smallest absolute Gasteiger partial charge is 0.190 e. The average Bonchev–Trinajstić information content (AvgIpc) is 2.72. The molecule has 1 aromatic heterocycles. The number of methoxy groups -OCH3 is 1. The van der Waals surface area contributed by atoms with Gasteiger partial charge in [0, 0.05) is 11.1 Å². The molecule has 2 aromatic carbocycles. The van der Waals surface area contributed by atoms with Gasteiger partial charge in [-0.15, -0.1) is 0 Å². The number of rotatable bonds is 6. The number of carbonyl (C=O) groups is 1. The van der Waals surface area contributed by atoms with Crippen molar-refractivity contribution in [1.29, 1.82) is 5.26 Å². The number of thioether (sulfide) groups is 1. The molecular weight excluding hydrogens is 360 g/mol. The van der Waals surface area contributed by atoms with Gasteiger partial charge in [-0.1, -0.05) is 42.1 Å². The number of Topliss-reactive ketones (excluding diaryl/α,β-unsaturated/α-hetero) is 1. The summed E-state index contributed by atoms with van der Waals surface area (Å²) in [6.45, 7) is 0. The summed E-state index contributed by atoms with van der Waals surface area (Å²) in [4.78, 5) is 20.9. The van der Waals surface area contributed by atoms with Gasteiger partial charge in [0.05, 0.1) is 18.6 Å². The lowest BCUT2D eigenvalue weighted by Crippen LogP contribution is -2.06. The molecule has 0 aliphatic rings. The van der Waals surface area contributed by atoms with Gasteiger partial charge >= 0.3 is 0 Å². The van der Waals surface area contributed by atoms with Crippen LogP contribution in [-0.2, 0) is 0 Å². The maximum atomic E-state index is 12.3. The van der Waals surface area contributed by atoms with E-state index in [0.29, 0.717) is 22.2 Å². The molecule has 0 radical (unpaired) electrons. The standard InChI is InChI=1S/C20H16N4O2S/c1-26-15-9-7-14(8-10-15)18-16(11-21)19(22)24-20(23-18)27-12-17(25)13-5-3-2-4-6-13/h2-10H,12H2,1H3,(H2,22,23,24). The Balaban J connectivity index is 1.87. The molecule has 3 aromatic rings.